The average Bonchev–Trinajstić information content (AvgIpc) is 3.29. The van der Waals surface area contributed by atoms with Gasteiger partial charge in [-0.3, -0.25) is 0 Å². The number of hydrogen-bond donors (Lipinski definition) is 1. The van der Waals surface area contributed by atoms with Crippen LogP contribution in [0.3, 0.4) is 0 Å². The fourth-order valence-electron chi connectivity index (χ4n) is 4.56. The first kappa shape index (κ1) is 18.6. The Hall–Kier alpha value is -1.71. The molecule has 1 fully saturated rings. The second-order valence-electron chi connectivity index (χ2n) is 8.07. The fourth-order valence-corrected chi connectivity index (χ4v) is 4.68. The first-order valence-corrected chi connectivity index (χ1v) is 10.4. The van der Waals surface area contributed by atoms with E-state index in [9.17, 15) is 0 Å². The molecule has 27 heavy (non-hydrogen) atoms. The molecule has 0 saturated heterocycles. The van der Waals surface area contributed by atoms with Crippen LogP contribution in [0.15, 0.2) is 42.5 Å². The predicted molar refractivity (Wildman–Crippen MR) is 110 cm³/mol. The Morgan fingerprint density at radius 3 is 2.70 bits per heavy atom. The maximum absolute atomic E-state index is 6.16. The highest BCUT2D eigenvalue weighted by Gasteiger charge is 2.41. The fraction of sp³-hybridized carbons (Fsp3) is 0.478. The molecule has 144 valence electrons. The molecule has 2 aliphatic rings. The number of rotatable bonds is 6. The highest BCUT2D eigenvalue weighted by atomic mass is 35.5. The zero-order valence-electron chi connectivity index (χ0n) is 16.1. The molecule has 1 saturated carbocycles. The molecule has 3 unspecified atom stereocenters. The molecule has 1 heterocycles. The summed E-state index contributed by atoms with van der Waals surface area (Å²) < 4.78 is 11.1. The van der Waals surface area contributed by atoms with Gasteiger partial charge in [0.1, 0.15) is 0 Å². The summed E-state index contributed by atoms with van der Waals surface area (Å²) >= 11 is 6.16. The molecule has 3 nitrogen and oxygen atoms in total. The van der Waals surface area contributed by atoms with Gasteiger partial charge >= 0.3 is 0 Å². The molecule has 0 bridgehead atoms. The quantitative estimate of drug-likeness (QED) is 0.713. The lowest BCUT2D eigenvalue weighted by atomic mass is 9.74. The lowest BCUT2D eigenvalue weighted by Gasteiger charge is -2.31. The summed E-state index contributed by atoms with van der Waals surface area (Å²) in [6, 6.07) is 15.9. The summed E-state index contributed by atoms with van der Waals surface area (Å²) in [5.41, 5.74) is 2.82. The molecular weight excluding hydrogens is 358 g/mol. The Labute approximate surface area is 167 Å². The van der Waals surface area contributed by atoms with E-state index >= 15 is 0 Å². The highest BCUT2D eigenvalue weighted by molar-refractivity contribution is 6.30. The van der Waals surface area contributed by atoms with Crippen molar-refractivity contribution in [3.63, 3.8) is 0 Å². The summed E-state index contributed by atoms with van der Waals surface area (Å²) in [5, 5.41) is 4.62. The van der Waals surface area contributed by atoms with Gasteiger partial charge in [0.15, 0.2) is 11.5 Å². The third kappa shape index (κ3) is 3.95. The zero-order chi connectivity index (χ0) is 18.9. The molecule has 3 atom stereocenters. The van der Waals surface area contributed by atoms with Crippen molar-refractivity contribution in [2.24, 2.45) is 0 Å². The van der Waals surface area contributed by atoms with E-state index in [1.807, 2.05) is 18.2 Å². The van der Waals surface area contributed by atoms with Crippen molar-refractivity contribution in [2.45, 2.75) is 63.5 Å². The molecule has 1 aliphatic heterocycles. The normalized spacial score (nSPS) is 24.9. The van der Waals surface area contributed by atoms with Crippen LogP contribution >= 0.6 is 11.6 Å². The Kier molecular flexibility index (Phi) is 5.34. The second-order valence-corrected chi connectivity index (χ2v) is 8.50. The molecule has 0 amide bonds. The zero-order valence-corrected chi connectivity index (χ0v) is 16.9. The van der Waals surface area contributed by atoms with Crippen molar-refractivity contribution in [3.05, 3.63) is 58.6 Å². The van der Waals surface area contributed by atoms with Crippen LogP contribution in [-0.2, 0) is 11.8 Å². The van der Waals surface area contributed by atoms with E-state index in [0.29, 0.717) is 18.9 Å². The van der Waals surface area contributed by atoms with E-state index in [4.69, 9.17) is 21.1 Å². The van der Waals surface area contributed by atoms with Gasteiger partial charge in [0, 0.05) is 22.5 Å². The van der Waals surface area contributed by atoms with Gasteiger partial charge in [-0.2, -0.15) is 0 Å². The average molecular weight is 386 g/mol. The molecule has 0 aromatic heterocycles. The molecule has 4 heteroatoms. The number of benzene rings is 2. The number of halogens is 1. The first-order chi connectivity index (χ1) is 13.1. The molecule has 1 aliphatic carbocycles. The third-order valence-electron chi connectivity index (χ3n) is 6.18. The molecule has 0 radical (unpaired) electrons. The molecule has 0 spiro atoms. The van der Waals surface area contributed by atoms with Crippen molar-refractivity contribution in [1.29, 1.82) is 0 Å². The summed E-state index contributed by atoms with van der Waals surface area (Å²) in [6.45, 7) is 4.84. The van der Waals surface area contributed by atoms with Crippen LogP contribution in [0.1, 0.15) is 50.7 Å². The van der Waals surface area contributed by atoms with Gasteiger partial charge in [-0.15, -0.1) is 0 Å². The van der Waals surface area contributed by atoms with E-state index < -0.39 is 0 Å². The van der Waals surface area contributed by atoms with Crippen LogP contribution in [0.25, 0.3) is 0 Å². The van der Waals surface area contributed by atoms with E-state index in [1.54, 1.807) is 0 Å². The molecule has 2 aromatic carbocycles. The van der Waals surface area contributed by atoms with Gasteiger partial charge in [-0.1, -0.05) is 36.7 Å². The van der Waals surface area contributed by atoms with Gasteiger partial charge in [0.05, 0.1) is 0 Å². The van der Waals surface area contributed by atoms with Crippen molar-refractivity contribution in [1.82, 2.24) is 5.32 Å². The maximum Gasteiger partial charge on any atom is 0.231 e. The molecule has 1 N–H and O–H groups in total. The van der Waals surface area contributed by atoms with Gasteiger partial charge in [0.2, 0.25) is 6.79 Å². The maximum atomic E-state index is 6.16. The van der Waals surface area contributed by atoms with Crippen LogP contribution < -0.4 is 14.8 Å². The minimum Gasteiger partial charge on any atom is -0.454 e. The standard InChI is InChI=1S/C23H28ClNO2/c1-3-16(2)25-20-10-11-23(14-20,18-5-7-19(24)8-6-18)13-17-4-9-21-22(12-17)27-15-26-21/h4-9,12,16,20,25H,3,10-11,13-15H2,1-2H3. The highest BCUT2D eigenvalue weighted by Crippen LogP contribution is 2.45. The smallest absolute Gasteiger partial charge is 0.231 e. The van der Waals surface area contributed by atoms with E-state index in [-0.39, 0.29) is 5.41 Å². The van der Waals surface area contributed by atoms with E-state index in [2.05, 4.69) is 43.4 Å². The second kappa shape index (κ2) is 7.73. The number of hydrogen-bond acceptors (Lipinski definition) is 3. The minimum absolute atomic E-state index is 0.128. The number of ether oxygens (including phenoxy) is 2. The predicted octanol–water partition coefficient (Wildman–Crippen LogP) is 5.49. The summed E-state index contributed by atoms with van der Waals surface area (Å²) in [5.74, 6) is 1.72. The van der Waals surface area contributed by atoms with Crippen molar-refractivity contribution in [3.8, 4) is 11.5 Å². The van der Waals surface area contributed by atoms with Crippen molar-refractivity contribution in [2.75, 3.05) is 6.79 Å². The summed E-state index contributed by atoms with van der Waals surface area (Å²) in [7, 11) is 0. The SMILES string of the molecule is CCC(C)NC1CCC(Cc2ccc3c(c2)OCO3)(c2ccc(Cl)cc2)C1. The van der Waals surface area contributed by atoms with Crippen LogP contribution in [0.4, 0.5) is 0 Å². The Balaban J connectivity index is 1.61. The monoisotopic (exact) mass is 385 g/mol. The summed E-state index contributed by atoms with van der Waals surface area (Å²) in [4.78, 5) is 0. The lowest BCUT2D eigenvalue weighted by molar-refractivity contribution is 0.174. The Morgan fingerprint density at radius 2 is 1.93 bits per heavy atom. The van der Waals surface area contributed by atoms with Gasteiger partial charge in [0.25, 0.3) is 0 Å². The Bertz CT molecular complexity index is 791. The van der Waals surface area contributed by atoms with Crippen LogP contribution in [0.5, 0.6) is 11.5 Å². The lowest BCUT2D eigenvalue weighted by Crippen LogP contribution is -2.36. The van der Waals surface area contributed by atoms with Gasteiger partial charge in [-0.25, -0.2) is 0 Å². The molecular formula is C23H28ClNO2. The summed E-state index contributed by atoms with van der Waals surface area (Å²) in [6.07, 6.45) is 5.69. The van der Waals surface area contributed by atoms with Crippen molar-refractivity contribution < 1.29 is 9.47 Å². The molecule has 2 aromatic rings. The molecule has 4 rings (SSSR count). The van der Waals surface area contributed by atoms with Gasteiger partial charge in [-0.05, 0) is 74.4 Å². The Morgan fingerprint density at radius 1 is 1.15 bits per heavy atom. The minimum atomic E-state index is 0.128. The van der Waals surface area contributed by atoms with Crippen LogP contribution in [0, 0.1) is 0 Å². The number of fused-ring (bicyclic) bond motifs is 1. The first-order valence-electron chi connectivity index (χ1n) is 9.98. The number of nitrogens with one attached hydrogen (secondary N) is 1. The van der Waals surface area contributed by atoms with Crippen LogP contribution in [0.2, 0.25) is 5.02 Å². The van der Waals surface area contributed by atoms with E-state index in [0.717, 1.165) is 35.8 Å². The topological polar surface area (TPSA) is 30.5 Å². The largest absolute Gasteiger partial charge is 0.454 e. The van der Waals surface area contributed by atoms with E-state index in [1.165, 1.54) is 24.0 Å². The van der Waals surface area contributed by atoms with Crippen molar-refractivity contribution >= 4 is 11.6 Å². The van der Waals surface area contributed by atoms with Gasteiger partial charge < -0.3 is 14.8 Å². The van der Waals surface area contributed by atoms with Crippen LogP contribution in [-0.4, -0.2) is 18.9 Å². The third-order valence-corrected chi connectivity index (χ3v) is 6.43.